The average molecular weight is 365 g/mol. The number of ether oxygens (including phenoxy) is 2. The van der Waals surface area contributed by atoms with Gasteiger partial charge in [0.15, 0.2) is 11.5 Å². The van der Waals surface area contributed by atoms with Crippen LogP contribution in [0.25, 0.3) is 6.08 Å². The lowest BCUT2D eigenvalue weighted by Gasteiger charge is -2.33. The molecule has 0 saturated carbocycles. The number of hydrogen-bond acceptors (Lipinski definition) is 5. The number of aromatic nitrogens is 1. The molecule has 140 valence electrons. The minimum Gasteiger partial charge on any atom is -0.486 e. The van der Waals surface area contributed by atoms with Crippen LogP contribution < -0.4 is 14.8 Å². The lowest BCUT2D eigenvalue weighted by Crippen LogP contribution is -2.44. The van der Waals surface area contributed by atoms with Crippen molar-refractivity contribution in [2.75, 3.05) is 31.6 Å². The van der Waals surface area contributed by atoms with Crippen LogP contribution in [0.4, 0.5) is 5.69 Å². The Morgan fingerprint density at radius 1 is 1.15 bits per heavy atom. The van der Waals surface area contributed by atoms with E-state index in [1.54, 1.807) is 18.5 Å². The maximum Gasteiger partial charge on any atom is 0.246 e. The van der Waals surface area contributed by atoms with E-state index in [4.69, 9.17) is 9.47 Å². The van der Waals surface area contributed by atoms with Gasteiger partial charge < -0.3 is 19.7 Å². The number of rotatable bonds is 4. The number of fused-ring (bicyclic) bond motifs is 1. The van der Waals surface area contributed by atoms with Gasteiger partial charge in [0.1, 0.15) is 13.2 Å². The fourth-order valence-corrected chi connectivity index (χ4v) is 3.41. The maximum absolute atomic E-state index is 12.5. The van der Waals surface area contributed by atoms with Gasteiger partial charge in [-0.25, -0.2) is 0 Å². The molecule has 6 nitrogen and oxygen atoms in total. The smallest absolute Gasteiger partial charge is 0.246 e. The highest BCUT2D eigenvalue weighted by molar-refractivity contribution is 5.91. The van der Waals surface area contributed by atoms with Crippen LogP contribution >= 0.6 is 0 Å². The molecular weight excluding hydrogens is 342 g/mol. The van der Waals surface area contributed by atoms with E-state index in [-0.39, 0.29) is 11.9 Å². The minimum atomic E-state index is 0.0421. The Balaban J connectivity index is 1.36. The fourth-order valence-electron chi connectivity index (χ4n) is 3.41. The first-order valence-corrected chi connectivity index (χ1v) is 9.31. The molecule has 2 aromatic rings. The molecule has 1 amide bonds. The fraction of sp³-hybridized carbons (Fsp3) is 0.333. The van der Waals surface area contributed by atoms with Gasteiger partial charge in [-0.05, 0) is 48.7 Å². The summed E-state index contributed by atoms with van der Waals surface area (Å²) in [6.45, 7) is 2.64. The second-order valence-corrected chi connectivity index (χ2v) is 6.74. The molecule has 1 saturated heterocycles. The van der Waals surface area contributed by atoms with Gasteiger partial charge in [-0.1, -0.05) is 0 Å². The van der Waals surface area contributed by atoms with Gasteiger partial charge in [0, 0.05) is 49.4 Å². The van der Waals surface area contributed by atoms with Crippen molar-refractivity contribution in [3.63, 3.8) is 0 Å². The van der Waals surface area contributed by atoms with Crippen molar-refractivity contribution >= 4 is 17.7 Å². The van der Waals surface area contributed by atoms with E-state index in [9.17, 15) is 4.79 Å². The average Bonchev–Trinajstić information content (AvgIpc) is 2.73. The summed E-state index contributed by atoms with van der Waals surface area (Å²) < 4.78 is 11.2. The van der Waals surface area contributed by atoms with Crippen LogP contribution in [0.3, 0.4) is 0 Å². The van der Waals surface area contributed by atoms with Gasteiger partial charge in [-0.15, -0.1) is 0 Å². The zero-order chi connectivity index (χ0) is 18.5. The molecular formula is C21H23N3O3. The van der Waals surface area contributed by atoms with Gasteiger partial charge in [0.25, 0.3) is 0 Å². The molecule has 2 aliphatic heterocycles. The number of hydrogen-bond donors (Lipinski definition) is 1. The zero-order valence-corrected chi connectivity index (χ0v) is 15.1. The molecule has 4 rings (SSSR count). The SMILES string of the molecule is O=C(/C=C/c1ccncc1)N1CCC[C@@H](Nc2ccc3c(c2)OCCO3)C1. The molecule has 2 aliphatic rings. The molecule has 0 spiro atoms. The maximum atomic E-state index is 12.5. The molecule has 1 N–H and O–H groups in total. The van der Waals surface area contributed by atoms with Crippen LogP contribution in [-0.4, -0.2) is 48.1 Å². The second kappa shape index (κ2) is 8.12. The van der Waals surface area contributed by atoms with Gasteiger partial charge in [0.2, 0.25) is 5.91 Å². The van der Waals surface area contributed by atoms with Crippen LogP contribution in [0.5, 0.6) is 11.5 Å². The third-order valence-electron chi connectivity index (χ3n) is 4.77. The monoisotopic (exact) mass is 365 g/mol. The first-order chi connectivity index (χ1) is 13.3. The van der Waals surface area contributed by atoms with Gasteiger partial charge >= 0.3 is 0 Å². The predicted molar refractivity (Wildman–Crippen MR) is 104 cm³/mol. The Bertz CT molecular complexity index is 823. The van der Waals surface area contributed by atoms with E-state index in [0.717, 1.165) is 42.1 Å². The number of anilines is 1. The number of pyridine rings is 1. The molecule has 1 aromatic carbocycles. The number of amides is 1. The molecule has 0 bridgehead atoms. The van der Waals surface area contributed by atoms with E-state index >= 15 is 0 Å². The third kappa shape index (κ3) is 4.39. The summed E-state index contributed by atoms with van der Waals surface area (Å²) in [4.78, 5) is 18.4. The highest BCUT2D eigenvalue weighted by Gasteiger charge is 2.23. The van der Waals surface area contributed by atoms with Crippen molar-refractivity contribution < 1.29 is 14.3 Å². The zero-order valence-electron chi connectivity index (χ0n) is 15.1. The summed E-state index contributed by atoms with van der Waals surface area (Å²) >= 11 is 0. The number of piperidine rings is 1. The Labute approximate surface area is 158 Å². The summed E-state index contributed by atoms with van der Waals surface area (Å²) in [5.41, 5.74) is 1.96. The number of carbonyl (C=O) groups excluding carboxylic acids is 1. The van der Waals surface area contributed by atoms with E-state index in [0.29, 0.717) is 19.8 Å². The van der Waals surface area contributed by atoms with Crippen LogP contribution in [0.1, 0.15) is 18.4 Å². The Kier molecular flexibility index (Phi) is 5.23. The van der Waals surface area contributed by atoms with Crippen LogP contribution in [0.15, 0.2) is 48.8 Å². The largest absolute Gasteiger partial charge is 0.486 e. The normalized spacial score (nSPS) is 19.1. The minimum absolute atomic E-state index is 0.0421. The van der Waals surface area contributed by atoms with Gasteiger partial charge in [-0.3, -0.25) is 9.78 Å². The van der Waals surface area contributed by atoms with Crippen LogP contribution in [-0.2, 0) is 4.79 Å². The van der Waals surface area contributed by atoms with Crippen molar-refractivity contribution in [1.82, 2.24) is 9.88 Å². The lowest BCUT2D eigenvalue weighted by molar-refractivity contribution is -0.126. The molecule has 3 heterocycles. The van der Waals surface area contributed by atoms with Crippen molar-refractivity contribution in [2.24, 2.45) is 0 Å². The molecule has 6 heteroatoms. The first kappa shape index (κ1) is 17.4. The number of likely N-dealkylation sites (tertiary alicyclic amines) is 1. The highest BCUT2D eigenvalue weighted by atomic mass is 16.6. The van der Waals surface area contributed by atoms with Crippen molar-refractivity contribution in [1.29, 1.82) is 0 Å². The van der Waals surface area contributed by atoms with Gasteiger partial charge in [0.05, 0.1) is 0 Å². The Morgan fingerprint density at radius 2 is 1.96 bits per heavy atom. The first-order valence-electron chi connectivity index (χ1n) is 9.31. The predicted octanol–water partition coefficient (Wildman–Crippen LogP) is 2.97. The molecule has 0 unspecified atom stereocenters. The summed E-state index contributed by atoms with van der Waals surface area (Å²) in [6.07, 6.45) is 8.93. The quantitative estimate of drug-likeness (QED) is 0.844. The van der Waals surface area contributed by atoms with Crippen molar-refractivity contribution in [2.45, 2.75) is 18.9 Å². The second-order valence-electron chi connectivity index (χ2n) is 6.74. The number of carbonyl (C=O) groups is 1. The number of benzene rings is 1. The van der Waals surface area contributed by atoms with Crippen LogP contribution in [0, 0.1) is 0 Å². The van der Waals surface area contributed by atoms with Crippen molar-refractivity contribution in [3.05, 3.63) is 54.4 Å². The van der Waals surface area contributed by atoms with E-state index in [1.165, 1.54) is 0 Å². The number of nitrogens with zero attached hydrogens (tertiary/aromatic N) is 2. The Hall–Kier alpha value is -3.02. The topological polar surface area (TPSA) is 63.7 Å². The van der Waals surface area contributed by atoms with Crippen LogP contribution in [0.2, 0.25) is 0 Å². The number of nitrogens with one attached hydrogen (secondary N) is 1. The lowest BCUT2D eigenvalue weighted by atomic mass is 10.0. The summed E-state index contributed by atoms with van der Waals surface area (Å²) in [5, 5.41) is 3.53. The van der Waals surface area contributed by atoms with Crippen molar-refractivity contribution in [3.8, 4) is 11.5 Å². The summed E-state index contributed by atoms with van der Waals surface area (Å²) in [7, 11) is 0. The van der Waals surface area contributed by atoms with E-state index < -0.39 is 0 Å². The standard InChI is InChI=1S/C21H23N3O3/c25-21(6-3-16-7-9-22-10-8-16)24-11-1-2-18(15-24)23-17-4-5-19-20(14-17)27-13-12-26-19/h3-10,14,18,23H,1-2,11-13,15H2/b6-3+/t18-/m1/s1. The Morgan fingerprint density at radius 3 is 2.81 bits per heavy atom. The summed E-state index contributed by atoms with van der Waals surface area (Å²) in [5.74, 6) is 1.60. The summed E-state index contributed by atoms with van der Waals surface area (Å²) in [6, 6.07) is 9.88. The molecule has 0 aliphatic carbocycles. The molecule has 27 heavy (non-hydrogen) atoms. The third-order valence-corrected chi connectivity index (χ3v) is 4.77. The van der Waals surface area contributed by atoms with E-state index in [2.05, 4.69) is 10.3 Å². The van der Waals surface area contributed by atoms with Gasteiger partial charge in [-0.2, -0.15) is 0 Å². The molecule has 0 radical (unpaired) electrons. The molecule has 1 fully saturated rings. The molecule has 1 atom stereocenters. The highest BCUT2D eigenvalue weighted by Crippen LogP contribution is 2.33. The van der Waals surface area contributed by atoms with E-state index in [1.807, 2.05) is 41.3 Å². The molecule has 1 aromatic heterocycles.